The summed E-state index contributed by atoms with van der Waals surface area (Å²) in [5.74, 6) is 1.62. The van der Waals surface area contributed by atoms with Crippen LogP contribution in [0.15, 0.2) is 4.99 Å². The van der Waals surface area contributed by atoms with Crippen molar-refractivity contribution in [2.24, 2.45) is 22.6 Å². The van der Waals surface area contributed by atoms with Crippen LogP contribution in [-0.4, -0.2) is 26.1 Å². The average Bonchev–Trinajstić information content (AvgIpc) is 2.29. The van der Waals surface area contributed by atoms with Gasteiger partial charge in [-0.3, -0.25) is 4.99 Å². The predicted molar refractivity (Wildman–Crippen MR) is 72.9 cm³/mol. The molecule has 16 heavy (non-hydrogen) atoms. The van der Waals surface area contributed by atoms with Crippen LogP contribution in [-0.2, 0) is 4.74 Å². The zero-order chi connectivity index (χ0) is 13.0. The Balaban J connectivity index is 0. The quantitative estimate of drug-likeness (QED) is 0.539. The molecule has 0 spiro atoms. The third-order valence-electron chi connectivity index (χ3n) is 2.44. The summed E-state index contributed by atoms with van der Waals surface area (Å²) in [5, 5.41) is 0. The van der Waals surface area contributed by atoms with Crippen LogP contribution in [0.25, 0.3) is 0 Å². The molecule has 0 saturated heterocycles. The fourth-order valence-corrected chi connectivity index (χ4v) is 1.71. The third kappa shape index (κ3) is 7.69. The molecule has 0 aromatic carbocycles. The highest BCUT2D eigenvalue weighted by Crippen LogP contribution is 2.18. The summed E-state index contributed by atoms with van der Waals surface area (Å²) in [4.78, 5) is 4.29. The summed E-state index contributed by atoms with van der Waals surface area (Å²) in [6.07, 6.45) is 2.23. The van der Waals surface area contributed by atoms with Gasteiger partial charge in [0.25, 0.3) is 0 Å². The van der Waals surface area contributed by atoms with Crippen LogP contribution < -0.4 is 5.73 Å². The second kappa shape index (κ2) is 12.5. The molecule has 2 unspecified atom stereocenters. The smallest absolute Gasteiger partial charge is 0.0971 e. The molecule has 2 atom stereocenters. The number of ether oxygens (including phenoxy) is 1. The van der Waals surface area contributed by atoms with E-state index >= 15 is 0 Å². The summed E-state index contributed by atoms with van der Waals surface area (Å²) < 4.78 is 5.15. The first kappa shape index (κ1) is 17.8. The normalized spacial score (nSPS) is 15.0. The van der Waals surface area contributed by atoms with Crippen molar-refractivity contribution in [1.82, 2.24) is 0 Å². The van der Waals surface area contributed by atoms with Crippen LogP contribution in [0.4, 0.5) is 0 Å². The van der Waals surface area contributed by atoms with Gasteiger partial charge in [0.05, 0.1) is 5.84 Å². The number of rotatable bonds is 7. The minimum absolute atomic E-state index is 0.375. The van der Waals surface area contributed by atoms with E-state index in [1.54, 1.807) is 7.11 Å². The third-order valence-corrected chi connectivity index (χ3v) is 2.44. The summed E-state index contributed by atoms with van der Waals surface area (Å²) in [7, 11) is 1.73. The van der Waals surface area contributed by atoms with Crippen LogP contribution in [0.5, 0.6) is 0 Å². The largest absolute Gasteiger partial charge is 0.387 e. The summed E-state index contributed by atoms with van der Waals surface area (Å²) in [5.41, 5.74) is 5.94. The van der Waals surface area contributed by atoms with Gasteiger partial charge in [0.15, 0.2) is 0 Å². The fourth-order valence-electron chi connectivity index (χ4n) is 1.71. The Hall–Kier alpha value is -0.570. The Morgan fingerprint density at radius 3 is 2.25 bits per heavy atom. The zero-order valence-electron chi connectivity index (χ0n) is 11.9. The molecule has 0 aromatic rings. The van der Waals surface area contributed by atoms with Crippen molar-refractivity contribution in [3.63, 3.8) is 0 Å². The van der Waals surface area contributed by atoms with Crippen molar-refractivity contribution in [3.8, 4) is 0 Å². The lowest BCUT2D eigenvalue weighted by Crippen LogP contribution is -2.31. The van der Waals surface area contributed by atoms with E-state index in [0.717, 1.165) is 31.8 Å². The SMILES string of the molecule is CC.CCCC(C(N)=NCC)C(C)COC. The molecule has 0 saturated carbocycles. The van der Waals surface area contributed by atoms with Gasteiger partial charge in [-0.05, 0) is 19.3 Å². The Labute approximate surface area is 101 Å². The van der Waals surface area contributed by atoms with Crippen LogP contribution in [0.2, 0.25) is 0 Å². The molecule has 0 rings (SSSR count). The number of hydrogen-bond acceptors (Lipinski definition) is 2. The van der Waals surface area contributed by atoms with E-state index in [4.69, 9.17) is 10.5 Å². The Bertz CT molecular complexity index is 169. The Morgan fingerprint density at radius 1 is 1.31 bits per heavy atom. The highest BCUT2D eigenvalue weighted by Gasteiger charge is 2.19. The molecular weight excluding hydrogens is 200 g/mol. The average molecular weight is 230 g/mol. The van der Waals surface area contributed by atoms with Gasteiger partial charge in [0.2, 0.25) is 0 Å². The minimum atomic E-state index is 0.375. The number of nitrogens with zero attached hydrogens (tertiary/aromatic N) is 1. The summed E-state index contributed by atoms with van der Waals surface area (Å²) >= 11 is 0. The van der Waals surface area contributed by atoms with Crippen LogP contribution in [0.1, 0.15) is 47.5 Å². The Morgan fingerprint density at radius 2 is 1.88 bits per heavy atom. The molecule has 0 radical (unpaired) electrons. The van der Waals surface area contributed by atoms with E-state index in [1.807, 2.05) is 20.8 Å². The number of aliphatic imine (C=N–C) groups is 1. The molecule has 0 aromatic heterocycles. The van der Waals surface area contributed by atoms with Crippen LogP contribution >= 0.6 is 0 Å². The summed E-state index contributed by atoms with van der Waals surface area (Å²) in [6, 6.07) is 0. The minimum Gasteiger partial charge on any atom is -0.387 e. The van der Waals surface area contributed by atoms with E-state index in [2.05, 4.69) is 18.8 Å². The topological polar surface area (TPSA) is 47.6 Å². The van der Waals surface area contributed by atoms with Crippen molar-refractivity contribution in [2.75, 3.05) is 20.3 Å². The molecule has 0 heterocycles. The maximum atomic E-state index is 5.94. The summed E-state index contributed by atoms with van der Waals surface area (Å²) in [6.45, 7) is 11.9. The molecule has 0 aliphatic heterocycles. The van der Waals surface area contributed by atoms with Crippen molar-refractivity contribution >= 4 is 5.84 Å². The second-order valence-electron chi connectivity index (χ2n) is 3.73. The highest BCUT2D eigenvalue weighted by atomic mass is 16.5. The lowest BCUT2D eigenvalue weighted by Gasteiger charge is -2.22. The molecule has 2 N–H and O–H groups in total. The zero-order valence-corrected chi connectivity index (χ0v) is 11.9. The van der Waals surface area contributed by atoms with Gasteiger partial charge >= 0.3 is 0 Å². The van der Waals surface area contributed by atoms with E-state index < -0.39 is 0 Å². The van der Waals surface area contributed by atoms with Gasteiger partial charge in [0.1, 0.15) is 0 Å². The fraction of sp³-hybridized carbons (Fsp3) is 0.923. The molecular formula is C13H30N2O. The maximum Gasteiger partial charge on any atom is 0.0971 e. The lowest BCUT2D eigenvalue weighted by atomic mass is 9.89. The lowest BCUT2D eigenvalue weighted by molar-refractivity contribution is 0.142. The predicted octanol–water partition coefficient (Wildman–Crippen LogP) is 3.09. The molecule has 0 aliphatic rings. The molecule has 98 valence electrons. The van der Waals surface area contributed by atoms with Gasteiger partial charge < -0.3 is 10.5 Å². The molecule has 0 fully saturated rings. The number of methoxy groups -OCH3 is 1. The van der Waals surface area contributed by atoms with Gasteiger partial charge in [-0.25, -0.2) is 0 Å². The Kier molecular flexibility index (Phi) is 13.9. The standard InChI is InChI=1S/C11H24N2O.C2H6/c1-5-7-10(9(3)8-14-4)11(12)13-6-2;1-2/h9-10H,5-8H2,1-4H3,(H2,12,13);1-2H3. The van der Waals surface area contributed by atoms with Gasteiger partial charge in [-0.1, -0.05) is 34.1 Å². The van der Waals surface area contributed by atoms with Crippen LogP contribution in [0.3, 0.4) is 0 Å². The van der Waals surface area contributed by atoms with Crippen molar-refractivity contribution < 1.29 is 4.74 Å². The van der Waals surface area contributed by atoms with E-state index in [0.29, 0.717) is 11.8 Å². The highest BCUT2D eigenvalue weighted by molar-refractivity contribution is 5.83. The van der Waals surface area contributed by atoms with E-state index in [9.17, 15) is 0 Å². The first-order chi connectivity index (χ1) is 7.67. The number of hydrogen-bond donors (Lipinski definition) is 1. The molecule has 3 heteroatoms. The molecule has 0 amide bonds. The van der Waals surface area contributed by atoms with E-state index in [1.165, 1.54) is 0 Å². The monoisotopic (exact) mass is 230 g/mol. The number of nitrogens with two attached hydrogens (primary N) is 1. The van der Waals surface area contributed by atoms with Crippen molar-refractivity contribution in [1.29, 1.82) is 0 Å². The number of amidine groups is 1. The first-order valence-corrected chi connectivity index (χ1v) is 6.46. The maximum absolute atomic E-state index is 5.94. The van der Waals surface area contributed by atoms with Gasteiger partial charge in [-0.15, -0.1) is 0 Å². The van der Waals surface area contributed by atoms with Gasteiger partial charge in [0, 0.05) is 26.2 Å². The van der Waals surface area contributed by atoms with Crippen molar-refractivity contribution in [3.05, 3.63) is 0 Å². The molecule has 0 bridgehead atoms. The molecule has 3 nitrogen and oxygen atoms in total. The van der Waals surface area contributed by atoms with E-state index in [-0.39, 0.29) is 0 Å². The van der Waals surface area contributed by atoms with Crippen LogP contribution in [0, 0.1) is 11.8 Å². The van der Waals surface area contributed by atoms with Crippen molar-refractivity contribution in [2.45, 2.75) is 47.5 Å². The first-order valence-electron chi connectivity index (χ1n) is 6.46. The second-order valence-corrected chi connectivity index (χ2v) is 3.73. The molecule has 0 aliphatic carbocycles. The van der Waals surface area contributed by atoms with Gasteiger partial charge in [-0.2, -0.15) is 0 Å².